The summed E-state index contributed by atoms with van der Waals surface area (Å²) in [7, 11) is 0. The van der Waals surface area contributed by atoms with E-state index in [1.54, 1.807) is 12.1 Å². The lowest BCUT2D eigenvalue weighted by atomic mass is 10.1. The Hall–Kier alpha value is -0.250. The second-order valence-electron chi connectivity index (χ2n) is 3.79. The Kier molecular flexibility index (Phi) is 5.09. The summed E-state index contributed by atoms with van der Waals surface area (Å²) >= 11 is 14.8. The molecule has 2 nitrogen and oxygen atoms in total. The van der Waals surface area contributed by atoms with Crippen LogP contribution in [0.1, 0.15) is 17.3 Å². The monoisotopic (exact) mass is 323 g/mol. The number of hydrogen-bond acceptors (Lipinski definition) is 1. The lowest BCUT2D eigenvalue weighted by molar-refractivity contribution is 0.0921. The number of carbonyl (C=O) groups is 1. The molecule has 0 heterocycles. The molecule has 1 amide bonds. The fourth-order valence-corrected chi connectivity index (χ4v) is 1.73. The highest BCUT2D eigenvalue weighted by atomic mass is 79.9. The van der Waals surface area contributed by atoms with Gasteiger partial charge in [0, 0.05) is 21.8 Å². The van der Waals surface area contributed by atoms with Gasteiger partial charge in [0.05, 0.1) is 5.54 Å². The molecule has 0 saturated heterocycles. The van der Waals surface area contributed by atoms with E-state index in [4.69, 9.17) is 23.2 Å². The molecule has 0 radical (unpaired) electrons. The third-order valence-corrected chi connectivity index (χ3v) is 3.82. The van der Waals surface area contributed by atoms with Crippen LogP contribution < -0.4 is 5.32 Å². The Bertz CT molecular complexity index is 363. The molecule has 0 aromatic heterocycles. The number of rotatable bonds is 4. The fraction of sp³-hybridized carbons (Fsp3) is 0.364. The number of halogens is 3. The summed E-state index contributed by atoms with van der Waals surface area (Å²) in [6, 6.07) is 7.10. The first-order valence-corrected chi connectivity index (χ1v) is 6.57. The highest BCUT2D eigenvalue weighted by Crippen LogP contribution is 2.13. The van der Waals surface area contributed by atoms with Crippen molar-refractivity contribution in [3.05, 3.63) is 34.3 Å². The number of amides is 1. The van der Waals surface area contributed by atoms with Crippen LogP contribution in [0.3, 0.4) is 0 Å². The average Bonchev–Trinajstić information content (AvgIpc) is 2.29. The van der Waals surface area contributed by atoms with Gasteiger partial charge in [-0.05, 0) is 31.2 Å². The Balaban J connectivity index is 2.76. The largest absolute Gasteiger partial charge is 0.344 e. The summed E-state index contributed by atoms with van der Waals surface area (Å²) < 4.78 is 0.932. The van der Waals surface area contributed by atoms with Crippen LogP contribution in [-0.4, -0.2) is 23.2 Å². The lowest BCUT2D eigenvalue weighted by Gasteiger charge is -2.25. The number of carbonyl (C=O) groups excluding carboxylic acids is 1. The normalized spacial score (nSPS) is 11.2. The van der Waals surface area contributed by atoms with E-state index in [2.05, 4.69) is 21.2 Å². The zero-order valence-corrected chi connectivity index (χ0v) is 11.9. The van der Waals surface area contributed by atoms with Crippen LogP contribution in [0.4, 0.5) is 0 Å². The minimum atomic E-state index is -0.576. The summed E-state index contributed by atoms with van der Waals surface area (Å²) in [5.41, 5.74) is 0.0115. The molecular formula is C11H12BrCl2NO. The third kappa shape index (κ3) is 3.65. The molecule has 1 aromatic carbocycles. The van der Waals surface area contributed by atoms with E-state index in [-0.39, 0.29) is 17.7 Å². The molecule has 1 N–H and O–H groups in total. The van der Waals surface area contributed by atoms with Crippen LogP contribution in [0.15, 0.2) is 28.7 Å². The van der Waals surface area contributed by atoms with Gasteiger partial charge in [0.2, 0.25) is 0 Å². The van der Waals surface area contributed by atoms with Crippen molar-refractivity contribution in [3.8, 4) is 0 Å². The quantitative estimate of drug-likeness (QED) is 0.845. The zero-order chi connectivity index (χ0) is 12.2. The van der Waals surface area contributed by atoms with Gasteiger partial charge < -0.3 is 5.32 Å². The molecule has 0 bridgehead atoms. The van der Waals surface area contributed by atoms with Gasteiger partial charge in [0.25, 0.3) is 5.91 Å². The number of alkyl halides is 2. The molecule has 0 aliphatic heterocycles. The first-order valence-electron chi connectivity index (χ1n) is 4.71. The molecule has 1 aromatic rings. The maximum absolute atomic E-state index is 11.8. The number of hydrogen-bond donors (Lipinski definition) is 1. The Morgan fingerprint density at radius 3 is 2.25 bits per heavy atom. The molecule has 0 atom stereocenters. The molecule has 0 spiro atoms. The Labute approximate surface area is 113 Å². The zero-order valence-electron chi connectivity index (χ0n) is 8.77. The first kappa shape index (κ1) is 13.8. The number of nitrogens with one attached hydrogen (secondary N) is 1. The van der Waals surface area contributed by atoms with Crippen LogP contribution in [-0.2, 0) is 0 Å². The standard InChI is InChI=1S/C11H12BrCl2NO/c1-11(6-13,7-14)15-10(16)8-2-4-9(12)5-3-8/h2-5H,6-7H2,1H3,(H,15,16). The van der Waals surface area contributed by atoms with E-state index < -0.39 is 5.54 Å². The SMILES string of the molecule is CC(CCl)(CCl)NC(=O)c1ccc(Br)cc1. The lowest BCUT2D eigenvalue weighted by Crippen LogP contribution is -2.49. The van der Waals surface area contributed by atoms with Gasteiger partial charge in [0.15, 0.2) is 0 Å². The van der Waals surface area contributed by atoms with E-state index in [0.717, 1.165) is 4.47 Å². The van der Waals surface area contributed by atoms with Crippen molar-refractivity contribution >= 4 is 45.0 Å². The maximum atomic E-state index is 11.8. The van der Waals surface area contributed by atoms with E-state index in [1.165, 1.54) is 0 Å². The van der Waals surface area contributed by atoms with Crippen molar-refractivity contribution in [2.75, 3.05) is 11.8 Å². The molecule has 0 unspecified atom stereocenters. The molecule has 88 valence electrons. The van der Waals surface area contributed by atoms with Crippen molar-refractivity contribution in [2.45, 2.75) is 12.5 Å². The predicted octanol–water partition coefficient (Wildman–Crippen LogP) is 3.42. The van der Waals surface area contributed by atoms with Gasteiger partial charge in [-0.15, -0.1) is 23.2 Å². The topological polar surface area (TPSA) is 29.1 Å². The van der Waals surface area contributed by atoms with E-state index in [1.807, 2.05) is 19.1 Å². The molecule has 0 saturated carbocycles. The van der Waals surface area contributed by atoms with Gasteiger partial charge in [-0.1, -0.05) is 15.9 Å². The number of benzene rings is 1. The average molecular weight is 325 g/mol. The van der Waals surface area contributed by atoms with Crippen LogP contribution in [0.25, 0.3) is 0 Å². The van der Waals surface area contributed by atoms with Gasteiger partial charge in [-0.25, -0.2) is 0 Å². The van der Waals surface area contributed by atoms with E-state index >= 15 is 0 Å². The van der Waals surface area contributed by atoms with Crippen LogP contribution in [0.5, 0.6) is 0 Å². The predicted molar refractivity (Wildman–Crippen MR) is 71.5 cm³/mol. The maximum Gasteiger partial charge on any atom is 0.251 e. The van der Waals surface area contributed by atoms with Crippen molar-refractivity contribution < 1.29 is 4.79 Å². The second-order valence-corrected chi connectivity index (χ2v) is 5.24. The van der Waals surface area contributed by atoms with Crippen molar-refractivity contribution in [2.24, 2.45) is 0 Å². The van der Waals surface area contributed by atoms with Gasteiger partial charge in [0.1, 0.15) is 0 Å². The van der Waals surface area contributed by atoms with E-state index in [0.29, 0.717) is 5.56 Å². The van der Waals surface area contributed by atoms with Crippen LogP contribution >= 0.6 is 39.1 Å². The summed E-state index contributed by atoms with van der Waals surface area (Å²) in [6.45, 7) is 1.81. The van der Waals surface area contributed by atoms with Crippen molar-refractivity contribution in [3.63, 3.8) is 0 Å². The summed E-state index contributed by atoms with van der Waals surface area (Å²) in [4.78, 5) is 11.8. The highest BCUT2D eigenvalue weighted by molar-refractivity contribution is 9.10. The molecule has 0 fully saturated rings. The summed E-state index contributed by atoms with van der Waals surface area (Å²) in [5, 5.41) is 2.81. The van der Waals surface area contributed by atoms with Crippen molar-refractivity contribution in [1.29, 1.82) is 0 Å². The highest BCUT2D eigenvalue weighted by Gasteiger charge is 2.24. The Morgan fingerprint density at radius 2 is 1.81 bits per heavy atom. The van der Waals surface area contributed by atoms with Crippen LogP contribution in [0.2, 0.25) is 0 Å². The first-order chi connectivity index (χ1) is 7.50. The minimum Gasteiger partial charge on any atom is -0.344 e. The Morgan fingerprint density at radius 1 is 1.31 bits per heavy atom. The molecule has 0 aliphatic rings. The van der Waals surface area contributed by atoms with Crippen LogP contribution in [0, 0.1) is 0 Å². The van der Waals surface area contributed by atoms with E-state index in [9.17, 15) is 4.79 Å². The summed E-state index contributed by atoms with van der Waals surface area (Å²) in [6.07, 6.45) is 0. The molecular weight excluding hydrogens is 313 g/mol. The molecule has 0 aliphatic carbocycles. The minimum absolute atomic E-state index is 0.170. The van der Waals surface area contributed by atoms with Gasteiger partial charge in [-0.2, -0.15) is 0 Å². The summed E-state index contributed by atoms with van der Waals surface area (Å²) in [5.74, 6) is 0.383. The molecule has 1 rings (SSSR count). The molecule has 5 heteroatoms. The smallest absolute Gasteiger partial charge is 0.251 e. The van der Waals surface area contributed by atoms with Gasteiger partial charge in [-0.3, -0.25) is 4.79 Å². The van der Waals surface area contributed by atoms with Gasteiger partial charge >= 0.3 is 0 Å². The fourth-order valence-electron chi connectivity index (χ4n) is 1.05. The van der Waals surface area contributed by atoms with Crippen molar-refractivity contribution in [1.82, 2.24) is 5.32 Å². The second kappa shape index (κ2) is 5.89. The third-order valence-electron chi connectivity index (χ3n) is 2.11. The molecule has 16 heavy (non-hydrogen) atoms.